The molecule has 1 heterocycles. The Morgan fingerprint density at radius 1 is 1.50 bits per heavy atom. The summed E-state index contributed by atoms with van der Waals surface area (Å²) in [6.45, 7) is 4.57. The first-order chi connectivity index (χ1) is 7.66. The number of rotatable bonds is 3. The third kappa shape index (κ3) is 2.64. The summed E-state index contributed by atoms with van der Waals surface area (Å²) < 4.78 is 2.10. The van der Waals surface area contributed by atoms with Crippen molar-refractivity contribution in [3.63, 3.8) is 0 Å². The molecule has 0 aromatic carbocycles. The van der Waals surface area contributed by atoms with Gasteiger partial charge in [0, 0.05) is 25.5 Å². The lowest BCUT2D eigenvalue weighted by molar-refractivity contribution is 0.281. The highest BCUT2D eigenvalue weighted by atomic mass is 15.1. The zero-order valence-corrected chi connectivity index (χ0v) is 10.6. The van der Waals surface area contributed by atoms with E-state index < -0.39 is 0 Å². The Labute approximate surface area is 98.3 Å². The van der Waals surface area contributed by atoms with Gasteiger partial charge in [-0.3, -0.25) is 0 Å². The van der Waals surface area contributed by atoms with Gasteiger partial charge in [0.05, 0.1) is 6.04 Å². The van der Waals surface area contributed by atoms with E-state index in [2.05, 4.69) is 35.8 Å². The minimum absolute atomic E-state index is 0.357. The maximum atomic E-state index is 4.40. The lowest BCUT2D eigenvalue weighted by Crippen LogP contribution is -2.36. The molecular weight excluding hydrogens is 198 g/mol. The first kappa shape index (κ1) is 11.6. The van der Waals surface area contributed by atoms with Crippen LogP contribution in [0.2, 0.25) is 0 Å². The lowest BCUT2D eigenvalue weighted by atomic mass is 9.87. The fourth-order valence-corrected chi connectivity index (χ4v) is 2.81. The number of nitrogens with one attached hydrogen (secondary N) is 1. The number of imidazole rings is 1. The van der Waals surface area contributed by atoms with Gasteiger partial charge in [0.2, 0.25) is 0 Å². The summed E-state index contributed by atoms with van der Waals surface area (Å²) >= 11 is 0. The smallest absolute Gasteiger partial charge is 0.125 e. The lowest BCUT2D eigenvalue weighted by Gasteiger charge is -2.30. The van der Waals surface area contributed by atoms with Crippen LogP contribution in [0.3, 0.4) is 0 Å². The molecule has 1 saturated carbocycles. The van der Waals surface area contributed by atoms with Crippen LogP contribution < -0.4 is 5.32 Å². The van der Waals surface area contributed by atoms with Gasteiger partial charge in [0.25, 0.3) is 0 Å². The average Bonchev–Trinajstić information content (AvgIpc) is 2.64. The van der Waals surface area contributed by atoms with Crippen LogP contribution in [-0.2, 0) is 7.05 Å². The highest BCUT2D eigenvalue weighted by Gasteiger charge is 2.21. The molecule has 0 spiro atoms. The predicted octanol–water partition coefficient (Wildman–Crippen LogP) is 2.65. The van der Waals surface area contributed by atoms with Crippen molar-refractivity contribution in [1.82, 2.24) is 14.9 Å². The molecule has 2 rings (SSSR count). The minimum Gasteiger partial charge on any atom is -0.337 e. The van der Waals surface area contributed by atoms with Crippen LogP contribution in [0.4, 0.5) is 0 Å². The van der Waals surface area contributed by atoms with Crippen molar-refractivity contribution in [2.75, 3.05) is 0 Å². The summed E-state index contributed by atoms with van der Waals surface area (Å²) in [4.78, 5) is 4.40. The Hall–Kier alpha value is -0.830. The van der Waals surface area contributed by atoms with Crippen molar-refractivity contribution in [3.8, 4) is 0 Å². The molecule has 3 unspecified atom stereocenters. The van der Waals surface area contributed by atoms with Crippen LogP contribution in [-0.4, -0.2) is 15.6 Å². The second kappa shape index (κ2) is 5.00. The van der Waals surface area contributed by atoms with Crippen LogP contribution in [0.5, 0.6) is 0 Å². The molecular formula is C13H23N3. The van der Waals surface area contributed by atoms with E-state index in [0.29, 0.717) is 12.1 Å². The number of hydrogen-bond acceptors (Lipinski definition) is 2. The first-order valence-corrected chi connectivity index (χ1v) is 6.40. The monoisotopic (exact) mass is 221 g/mol. The van der Waals surface area contributed by atoms with Gasteiger partial charge in [0.1, 0.15) is 5.82 Å². The zero-order valence-electron chi connectivity index (χ0n) is 10.6. The molecule has 1 aliphatic carbocycles. The minimum atomic E-state index is 0.357. The summed E-state index contributed by atoms with van der Waals surface area (Å²) in [6, 6.07) is 1.03. The number of hydrogen-bond donors (Lipinski definition) is 1. The van der Waals surface area contributed by atoms with Gasteiger partial charge in [-0.25, -0.2) is 4.98 Å². The molecule has 0 radical (unpaired) electrons. The third-order valence-electron chi connectivity index (χ3n) is 3.67. The van der Waals surface area contributed by atoms with Crippen molar-refractivity contribution < 1.29 is 0 Å². The van der Waals surface area contributed by atoms with Crippen molar-refractivity contribution in [1.29, 1.82) is 0 Å². The van der Waals surface area contributed by atoms with Crippen molar-refractivity contribution >= 4 is 0 Å². The largest absolute Gasteiger partial charge is 0.337 e. The molecule has 0 amide bonds. The Kier molecular flexibility index (Phi) is 3.64. The average molecular weight is 221 g/mol. The molecule has 0 bridgehead atoms. The first-order valence-electron chi connectivity index (χ1n) is 6.40. The van der Waals surface area contributed by atoms with E-state index in [0.717, 1.165) is 11.7 Å². The SMILES string of the molecule is CC1CCCC(NC(C)c2nccn2C)C1. The summed E-state index contributed by atoms with van der Waals surface area (Å²) in [5.41, 5.74) is 0. The second-order valence-electron chi connectivity index (χ2n) is 5.25. The molecule has 0 aliphatic heterocycles. The topological polar surface area (TPSA) is 29.9 Å². The van der Waals surface area contributed by atoms with Crippen LogP contribution in [0, 0.1) is 5.92 Å². The molecule has 3 nitrogen and oxygen atoms in total. The Morgan fingerprint density at radius 2 is 2.31 bits per heavy atom. The fourth-order valence-electron chi connectivity index (χ4n) is 2.81. The van der Waals surface area contributed by atoms with E-state index in [1.807, 2.05) is 12.4 Å². The molecule has 16 heavy (non-hydrogen) atoms. The van der Waals surface area contributed by atoms with Crippen molar-refractivity contribution in [2.45, 2.75) is 51.6 Å². The van der Waals surface area contributed by atoms with Crippen LogP contribution in [0.15, 0.2) is 12.4 Å². The molecule has 1 aromatic heterocycles. The molecule has 0 saturated heterocycles. The van der Waals surface area contributed by atoms with E-state index in [1.54, 1.807) is 0 Å². The Balaban J connectivity index is 1.92. The summed E-state index contributed by atoms with van der Waals surface area (Å²) in [6.07, 6.45) is 9.28. The Morgan fingerprint density at radius 3 is 2.94 bits per heavy atom. The van der Waals surface area contributed by atoms with Gasteiger partial charge in [-0.15, -0.1) is 0 Å². The molecule has 1 aromatic rings. The van der Waals surface area contributed by atoms with Gasteiger partial charge in [-0.2, -0.15) is 0 Å². The molecule has 90 valence electrons. The van der Waals surface area contributed by atoms with E-state index in [4.69, 9.17) is 0 Å². The standard InChI is InChI=1S/C13H23N3/c1-10-5-4-6-12(9-10)15-11(2)13-14-7-8-16(13)3/h7-8,10-12,15H,4-6,9H2,1-3H3. The molecule has 1 aliphatic rings. The van der Waals surface area contributed by atoms with Crippen LogP contribution in [0.25, 0.3) is 0 Å². The van der Waals surface area contributed by atoms with Gasteiger partial charge in [-0.05, 0) is 25.7 Å². The van der Waals surface area contributed by atoms with Gasteiger partial charge < -0.3 is 9.88 Å². The second-order valence-corrected chi connectivity index (χ2v) is 5.25. The summed E-state index contributed by atoms with van der Waals surface area (Å²) in [7, 11) is 2.06. The van der Waals surface area contributed by atoms with Gasteiger partial charge in [-0.1, -0.05) is 19.8 Å². The van der Waals surface area contributed by atoms with E-state index >= 15 is 0 Å². The Bertz CT molecular complexity index is 332. The number of aryl methyl sites for hydroxylation is 1. The van der Waals surface area contributed by atoms with Crippen molar-refractivity contribution in [3.05, 3.63) is 18.2 Å². The van der Waals surface area contributed by atoms with Gasteiger partial charge >= 0.3 is 0 Å². The molecule has 1 fully saturated rings. The highest BCUT2D eigenvalue weighted by Crippen LogP contribution is 2.25. The van der Waals surface area contributed by atoms with Gasteiger partial charge in [0.15, 0.2) is 0 Å². The summed E-state index contributed by atoms with van der Waals surface area (Å²) in [5.74, 6) is 2.01. The predicted molar refractivity (Wildman–Crippen MR) is 66.2 cm³/mol. The quantitative estimate of drug-likeness (QED) is 0.850. The highest BCUT2D eigenvalue weighted by molar-refractivity contribution is 4.98. The van der Waals surface area contributed by atoms with E-state index in [9.17, 15) is 0 Å². The van der Waals surface area contributed by atoms with E-state index in [1.165, 1.54) is 25.7 Å². The number of aromatic nitrogens is 2. The zero-order chi connectivity index (χ0) is 11.5. The molecule has 1 N–H and O–H groups in total. The van der Waals surface area contributed by atoms with E-state index in [-0.39, 0.29) is 0 Å². The molecule has 3 atom stereocenters. The van der Waals surface area contributed by atoms with Crippen LogP contribution in [0.1, 0.15) is 51.4 Å². The summed E-state index contributed by atoms with van der Waals surface area (Å²) in [5, 5.41) is 3.71. The fraction of sp³-hybridized carbons (Fsp3) is 0.769. The number of nitrogens with zero attached hydrogens (tertiary/aromatic N) is 2. The molecule has 3 heteroatoms. The normalized spacial score (nSPS) is 27.9. The third-order valence-corrected chi connectivity index (χ3v) is 3.67. The van der Waals surface area contributed by atoms with Crippen LogP contribution >= 0.6 is 0 Å². The maximum Gasteiger partial charge on any atom is 0.125 e. The maximum absolute atomic E-state index is 4.40. The van der Waals surface area contributed by atoms with Crippen molar-refractivity contribution in [2.24, 2.45) is 13.0 Å².